The van der Waals surface area contributed by atoms with Gasteiger partial charge >= 0.3 is 0 Å². The van der Waals surface area contributed by atoms with Gasteiger partial charge in [-0.3, -0.25) is 4.79 Å². The summed E-state index contributed by atoms with van der Waals surface area (Å²) in [6, 6.07) is 19.9. The third-order valence-corrected chi connectivity index (χ3v) is 5.54. The van der Waals surface area contributed by atoms with Crippen LogP contribution in [0, 0.1) is 0 Å². The first-order valence-electron chi connectivity index (χ1n) is 8.47. The number of carbonyl (C=O) groups is 1. The highest BCUT2D eigenvalue weighted by atomic mass is 32.2. The highest BCUT2D eigenvalue weighted by Gasteiger charge is 2.13. The number of benzene rings is 3. The molecule has 3 rings (SSSR count). The molecule has 0 unspecified atom stereocenters. The molecule has 3 aromatic rings. The lowest BCUT2D eigenvalue weighted by molar-refractivity contribution is -0.115. The van der Waals surface area contributed by atoms with Crippen LogP contribution in [0.2, 0.25) is 0 Å². The Morgan fingerprint density at radius 2 is 1.67 bits per heavy atom. The topological polar surface area (TPSA) is 75.3 Å². The van der Waals surface area contributed by atoms with Gasteiger partial charge in [-0.05, 0) is 40.6 Å². The van der Waals surface area contributed by atoms with Crippen molar-refractivity contribution in [2.75, 3.05) is 11.9 Å². The molecule has 1 amide bonds. The molecular weight excluding hydrogens is 360 g/mol. The Balaban J connectivity index is 1.70. The van der Waals surface area contributed by atoms with Gasteiger partial charge in [-0.1, -0.05) is 48.5 Å². The molecule has 0 aliphatic heterocycles. The van der Waals surface area contributed by atoms with Crippen molar-refractivity contribution in [3.05, 3.63) is 84.9 Å². The number of rotatable bonds is 7. The average Bonchev–Trinajstić information content (AvgIpc) is 2.67. The highest BCUT2D eigenvalue weighted by Crippen LogP contribution is 2.20. The first-order valence-corrected chi connectivity index (χ1v) is 9.95. The lowest BCUT2D eigenvalue weighted by Gasteiger charge is -2.09. The SMILES string of the molecule is C=CCNS(=O)(=O)c1ccc(NC(=O)Cc2cccc3ccccc23)cc1. The number of fused-ring (bicyclic) bond motifs is 1. The fraction of sp³-hybridized carbons (Fsp3) is 0.0952. The minimum Gasteiger partial charge on any atom is -0.326 e. The van der Waals surface area contributed by atoms with Crippen molar-refractivity contribution in [2.24, 2.45) is 0 Å². The molecule has 3 aromatic carbocycles. The van der Waals surface area contributed by atoms with Gasteiger partial charge in [0.2, 0.25) is 15.9 Å². The maximum absolute atomic E-state index is 12.4. The summed E-state index contributed by atoms with van der Waals surface area (Å²) in [5, 5.41) is 4.94. The van der Waals surface area contributed by atoms with Crippen molar-refractivity contribution in [3.8, 4) is 0 Å². The van der Waals surface area contributed by atoms with Crippen molar-refractivity contribution >= 4 is 32.4 Å². The van der Waals surface area contributed by atoms with Crippen molar-refractivity contribution in [2.45, 2.75) is 11.3 Å². The Bertz CT molecular complexity index is 1070. The number of nitrogens with one attached hydrogen (secondary N) is 2. The van der Waals surface area contributed by atoms with E-state index >= 15 is 0 Å². The van der Waals surface area contributed by atoms with Gasteiger partial charge < -0.3 is 5.32 Å². The van der Waals surface area contributed by atoms with Crippen molar-refractivity contribution < 1.29 is 13.2 Å². The molecule has 0 saturated heterocycles. The van der Waals surface area contributed by atoms with E-state index in [2.05, 4.69) is 16.6 Å². The van der Waals surface area contributed by atoms with E-state index in [-0.39, 0.29) is 23.8 Å². The van der Waals surface area contributed by atoms with Crippen LogP contribution in [0.15, 0.2) is 84.3 Å². The Hall–Kier alpha value is -2.96. The standard InChI is InChI=1S/C21H20N2O3S/c1-2-14-22-27(25,26)19-12-10-18(11-13-19)23-21(24)15-17-8-5-7-16-6-3-4-9-20(16)17/h2-13,22H,1,14-15H2,(H,23,24). The Kier molecular flexibility index (Phi) is 5.69. The maximum Gasteiger partial charge on any atom is 0.240 e. The quantitative estimate of drug-likeness (QED) is 0.616. The lowest BCUT2D eigenvalue weighted by Crippen LogP contribution is -2.23. The zero-order valence-electron chi connectivity index (χ0n) is 14.7. The molecule has 27 heavy (non-hydrogen) atoms. The van der Waals surface area contributed by atoms with Gasteiger partial charge in [-0.15, -0.1) is 6.58 Å². The van der Waals surface area contributed by atoms with Gasteiger partial charge in [0.25, 0.3) is 0 Å². The van der Waals surface area contributed by atoms with E-state index in [1.165, 1.54) is 18.2 Å². The van der Waals surface area contributed by atoms with Gasteiger partial charge in [0.05, 0.1) is 11.3 Å². The third kappa shape index (κ3) is 4.61. The van der Waals surface area contributed by atoms with E-state index in [1.807, 2.05) is 42.5 Å². The largest absolute Gasteiger partial charge is 0.326 e. The monoisotopic (exact) mass is 380 g/mol. The predicted molar refractivity (Wildman–Crippen MR) is 108 cm³/mol. The van der Waals surface area contributed by atoms with E-state index in [0.29, 0.717) is 5.69 Å². The number of hydrogen-bond acceptors (Lipinski definition) is 3. The van der Waals surface area contributed by atoms with Crippen molar-refractivity contribution in [1.29, 1.82) is 0 Å². The fourth-order valence-corrected chi connectivity index (χ4v) is 3.79. The maximum atomic E-state index is 12.4. The minimum atomic E-state index is -3.57. The normalized spacial score (nSPS) is 11.3. The molecule has 0 bridgehead atoms. The molecule has 0 radical (unpaired) electrons. The molecule has 0 atom stereocenters. The summed E-state index contributed by atoms with van der Waals surface area (Å²) in [6.07, 6.45) is 1.71. The molecule has 0 fully saturated rings. The smallest absolute Gasteiger partial charge is 0.240 e. The van der Waals surface area contributed by atoms with E-state index in [4.69, 9.17) is 0 Å². The molecule has 0 heterocycles. The summed E-state index contributed by atoms with van der Waals surface area (Å²) in [4.78, 5) is 12.5. The van der Waals surface area contributed by atoms with Crippen LogP contribution in [-0.2, 0) is 21.2 Å². The van der Waals surface area contributed by atoms with E-state index in [0.717, 1.165) is 16.3 Å². The van der Waals surface area contributed by atoms with Crippen molar-refractivity contribution in [3.63, 3.8) is 0 Å². The Morgan fingerprint density at radius 3 is 2.41 bits per heavy atom. The Labute approximate surface area is 158 Å². The molecule has 0 aromatic heterocycles. The number of anilines is 1. The average molecular weight is 380 g/mol. The van der Waals surface area contributed by atoms with Crippen LogP contribution in [0.5, 0.6) is 0 Å². The first kappa shape index (κ1) is 18.8. The number of sulfonamides is 1. The van der Waals surface area contributed by atoms with Gasteiger partial charge in [-0.2, -0.15) is 0 Å². The molecule has 2 N–H and O–H groups in total. The number of hydrogen-bond donors (Lipinski definition) is 2. The van der Waals surface area contributed by atoms with Crippen LogP contribution in [0.4, 0.5) is 5.69 Å². The Morgan fingerprint density at radius 1 is 0.963 bits per heavy atom. The van der Waals surface area contributed by atoms with Crippen LogP contribution in [-0.4, -0.2) is 20.9 Å². The second-order valence-corrected chi connectivity index (χ2v) is 7.80. The summed E-state index contributed by atoms with van der Waals surface area (Å²) in [6.45, 7) is 3.64. The van der Waals surface area contributed by atoms with Crippen LogP contribution < -0.4 is 10.0 Å². The van der Waals surface area contributed by atoms with Crippen LogP contribution in [0.3, 0.4) is 0 Å². The predicted octanol–water partition coefficient (Wildman–Crippen LogP) is 3.49. The summed E-state index contributed by atoms with van der Waals surface area (Å²) in [5.41, 5.74) is 1.49. The molecular formula is C21H20N2O3S. The van der Waals surface area contributed by atoms with Crippen LogP contribution >= 0.6 is 0 Å². The molecule has 0 saturated carbocycles. The second-order valence-electron chi connectivity index (χ2n) is 6.03. The second kappa shape index (κ2) is 8.16. The number of carbonyl (C=O) groups excluding carboxylic acids is 1. The first-order chi connectivity index (χ1) is 13.0. The fourth-order valence-electron chi connectivity index (χ4n) is 2.79. The minimum absolute atomic E-state index is 0.136. The highest BCUT2D eigenvalue weighted by molar-refractivity contribution is 7.89. The van der Waals surface area contributed by atoms with Gasteiger partial charge in [0.1, 0.15) is 0 Å². The molecule has 138 valence electrons. The van der Waals surface area contributed by atoms with Crippen LogP contribution in [0.1, 0.15) is 5.56 Å². The van der Waals surface area contributed by atoms with Gasteiger partial charge in [0.15, 0.2) is 0 Å². The summed E-state index contributed by atoms with van der Waals surface area (Å²) in [5.74, 6) is -0.160. The molecule has 6 heteroatoms. The summed E-state index contributed by atoms with van der Waals surface area (Å²) in [7, 11) is -3.57. The summed E-state index contributed by atoms with van der Waals surface area (Å²) >= 11 is 0. The zero-order chi connectivity index (χ0) is 19.3. The van der Waals surface area contributed by atoms with E-state index in [1.54, 1.807) is 12.1 Å². The summed E-state index contributed by atoms with van der Waals surface area (Å²) < 4.78 is 26.5. The number of amides is 1. The molecule has 0 spiro atoms. The van der Waals surface area contributed by atoms with E-state index < -0.39 is 10.0 Å². The van der Waals surface area contributed by atoms with Gasteiger partial charge in [-0.25, -0.2) is 13.1 Å². The zero-order valence-corrected chi connectivity index (χ0v) is 15.5. The molecule has 0 aliphatic carbocycles. The van der Waals surface area contributed by atoms with Gasteiger partial charge in [0, 0.05) is 12.2 Å². The van der Waals surface area contributed by atoms with Crippen LogP contribution in [0.25, 0.3) is 10.8 Å². The molecule has 5 nitrogen and oxygen atoms in total. The van der Waals surface area contributed by atoms with Crippen molar-refractivity contribution in [1.82, 2.24) is 4.72 Å². The van der Waals surface area contributed by atoms with E-state index in [9.17, 15) is 13.2 Å². The molecule has 0 aliphatic rings. The lowest BCUT2D eigenvalue weighted by atomic mass is 10.0. The third-order valence-electron chi connectivity index (χ3n) is 4.10.